The maximum atomic E-state index is 5.12. The Balaban J connectivity index is 0.000000111. The maximum Gasteiger partial charge on any atom is 0.231 e. The van der Waals surface area contributed by atoms with E-state index in [1.165, 1.54) is 0 Å². The Labute approximate surface area is 105 Å². The molecule has 0 N–H and O–H groups in total. The predicted octanol–water partition coefficient (Wildman–Crippen LogP) is 3.85. The van der Waals surface area contributed by atoms with Crippen molar-refractivity contribution in [3.05, 3.63) is 60.9 Å². The third-order valence-electron chi connectivity index (χ3n) is 2.64. The maximum absolute atomic E-state index is 5.12. The first kappa shape index (κ1) is 10.7. The van der Waals surface area contributed by atoms with Gasteiger partial charge < -0.3 is 13.9 Å². The summed E-state index contributed by atoms with van der Waals surface area (Å²) in [5.74, 6) is 1.69. The summed E-state index contributed by atoms with van der Waals surface area (Å²) in [6.45, 7) is 0.360. The van der Waals surface area contributed by atoms with E-state index in [2.05, 4.69) is 0 Å². The van der Waals surface area contributed by atoms with Crippen LogP contribution in [-0.2, 0) is 0 Å². The van der Waals surface area contributed by atoms with Gasteiger partial charge in [-0.05, 0) is 24.3 Å². The number of ether oxygens (including phenoxy) is 2. The van der Waals surface area contributed by atoms with Crippen LogP contribution >= 0.6 is 0 Å². The second-order valence-electron chi connectivity index (χ2n) is 3.81. The van der Waals surface area contributed by atoms with Gasteiger partial charge in [-0.25, -0.2) is 0 Å². The lowest BCUT2D eigenvalue weighted by atomic mass is 10.3. The van der Waals surface area contributed by atoms with Crippen molar-refractivity contribution in [2.45, 2.75) is 0 Å². The number of hydrogen-bond donors (Lipinski definition) is 0. The highest BCUT2D eigenvalue weighted by atomic mass is 16.7. The fraction of sp³-hybridized carbons (Fsp3) is 0.0667. The monoisotopic (exact) mass is 240 g/mol. The van der Waals surface area contributed by atoms with E-state index in [0.29, 0.717) is 6.79 Å². The van der Waals surface area contributed by atoms with E-state index >= 15 is 0 Å². The molecule has 2 heterocycles. The minimum absolute atomic E-state index is 0.360. The normalized spacial score (nSPS) is 12.0. The molecule has 0 fully saturated rings. The van der Waals surface area contributed by atoms with Crippen LogP contribution in [0.25, 0.3) is 11.0 Å². The van der Waals surface area contributed by atoms with Gasteiger partial charge in [-0.1, -0.05) is 30.3 Å². The van der Waals surface area contributed by atoms with E-state index in [9.17, 15) is 0 Å². The Hall–Kier alpha value is -2.42. The lowest BCUT2D eigenvalue weighted by Gasteiger charge is -1.89. The van der Waals surface area contributed by atoms with Crippen molar-refractivity contribution in [1.82, 2.24) is 0 Å². The standard InChI is InChI=1S/C8H6O.C7H6O2/c1-2-4-8-7(3-1)5-6-9-8;1-2-4-7-6(3-1)8-5-9-7/h1-6H;1-4H,5H2. The van der Waals surface area contributed by atoms with Crippen LogP contribution in [0.2, 0.25) is 0 Å². The summed E-state index contributed by atoms with van der Waals surface area (Å²) in [7, 11) is 0. The molecule has 2 aromatic carbocycles. The number of benzene rings is 2. The van der Waals surface area contributed by atoms with Gasteiger partial charge in [0.2, 0.25) is 6.79 Å². The molecule has 0 saturated carbocycles. The number of fused-ring (bicyclic) bond motifs is 2. The molecule has 1 aliphatic heterocycles. The Bertz CT molecular complexity index is 590. The molecule has 3 nitrogen and oxygen atoms in total. The van der Waals surface area contributed by atoms with Gasteiger partial charge >= 0.3 is 0 Å². The van der Waals surface area contributed by atoms with Crippen LogP contribution in [0.1, 0.15) is 0 Å². The molecule has 0 amide bonds. The van der Waals surface area contributed by atoms with Crippen molar-refractivity contribution in [2.24, 2.45) is 0 Å². The summed E-state index contributed by atoms with van der Waals surface area (Å²) < 4.78 is 15.3. The molecule has 3 aromatic rings. The van der Waals surface area contributed by atoms with Crippen molar-refractivity contribution in [2.75, 3.05) is 6.79 Å². The molecule has 0 unspecified atom stereocenters. The van der Waals surface area contributed by atoms with Gasteiger partial charge in [-0.3, -0.25) is 0 Å². The number of rotatable bonds is 0. The average Bonchev–Trinajstić information content (AvgIpc) is 3.08. The molecular weight excluding hydrogens is 228 g/mol. The summed E-state index contributed by atoms with van der Waals surface area (Å²) in [6, 6.07) is 17.5. The highest BCUT2D eigenvalue weighted by Crippen LogP contribution is 2.30. The average molecular weight is 240 g/mol. The molecule has 18 heavy (non-hydrogen) atoms. The fourth-order valence-electron chi connectivity index (χ4n) is 1.75. The van der Waals surface area contributed by atoms with Crippen molar-refractivity contribution in [1.29, 1.82) is 0 Å². The van der Waals surface area contributed by atoms with Gasteiger partial charge in [-0.15, -0.1) is 0 Å². The summed E-state index contributed by atoms with van der Waals surface area (Å²) in [5.41, 5.74) is 0.956. The van der Waals surface area contributed by atoms with Crippen molar-refractivity contribution >= 4 is 11.0 Å². The van der Waals surface area contributed by atoms with Crippen molar-refractivity contribution in [3.8, 4) is 11.5 Å². The van der Waals surface area contributed by atoms with Crippen molar-refractivity contribution < 1.29 is 13.9 Å². The molecule has 4 rings (SSSR count). The molecule has 3 heteroatoms. The predicted molar refractivity (Wildman–Crippen MR) is 68.8 cm³/mol. The Morgan fingerprint density at radius 3 is 2.11 bits per heavy atom. The molecule has 0 aliphatic carbocycles. The topological polar surface area (TPSA) is 31.6 Å². The second kappa shape index (κ2) is 4.84. The molecule has 0 atom stereocenters. The first-order chi connectivity index (χ1) is 8.93. The van der Waals surface area contributed by atoms with E-state index in [1.807, 2.05) is 54.6 Å². The largest absolute Gasteiger partial charge is 0.464 e. The van der Waals surface area contributed by atoms with Crippen LogP contribution in [0, 0.1) is 0 Å². The number of hydrogen-bond acceptors (Lipinski definition) is 3. The first-order valence-corrected chi connectivity index (χ1v) is 5.70. The number of para-hydroxylation sites is 3. The van der Waals surface area contributed by atoms with E-state index in [-0.39, 0.29) is 0 Å². The minimum Gasteiger partial charge on any atom is -0.464 e. The zero-order chi connectivity index (χ0) is 12.2. The van der Waals surface area contributed by atoms with Gasteiger partial charge in [0.05, 0.1) is 6.26 Å². The third-order valence-corrected chi connectivity index (χ3v) is 2.64. The summed E-state index contributed by atoms with van der Waals surface area (Å²) >= 11 is 0. The smallest absolute Gasteiger partial charge is 0.231 e. The summed E-state index contributed by atoms with van der Waals surface area (Å²) in [5, 5.41) is 1.16. The summed E-state index contributed by atoms with van der Waals surface area (Å²) in [4.78, 5) is 0. The van der Waals surface area contributed by atoms with Crippen LogP contribution in [0.3, 0.4) is 0 Å². The van der Waals surface area contributed by atoms with Crippen LogP contribution in [0.5, 0.6) is 11.5 Å². The second-order valence-corrected chi connectivity index (χ2v) is 3.81. The molecular formula is C15H12O3. The number of furan rings is 1. The van der Waals surface area contributed by atoms with Gasteiger partial charge in [0.1, 0.15) is 5.58 Å². The first-order valence-electron chi connectivity index (χ1n) is 5.70. The van der Waals surface area contributed by atoms with Crippen LogP contribution < -0.4 is 9.47 Å². The summed E-state index contributed by atoms with van der Waals surface area (Å²) in [6.07, 6.45) is 1.70. The molecule has 0 saturated heterocycles. The Kier molecular flexibility index (Phi) is 2.88. The Morgan fingerprint density at radius 1 is 0.722 bits per heavy atom. The van der Waals surface area contributed by atoms with E-state index < -0.39 is 0 Å². The van der Waals surface area contributed by atoms with E-state index in [4.69, 9.17) is 13.9 Å². The van der Waals surface area contributed by atoms with Crippen LogP contribution in [0.4, 0.5) is 0 Å². The fourth-order valence-corrected chi connectivity index (χ4v) is 1.75. The lowest BCUT2D eigenvalue weighted by molar-refractivity contribution is 0.174. The van der Waals surface area contributed by atoms with Crippen LogP contribution in [0.15, 0.2) is 65.3 Å². The van der Waals surface area contributed by atoms with Gasteiger partial charge in [0.15, 0.2) is 11.5 Å². The zero-order valence-electron chi connectivity index (χ0n) is 9.71. The minimum atomic E-state index is 0.360. The van der Waals surface area contributed by atoms with Gasteiger partial charge in [0, 0.05) is 5.39 Å². The van der Waals surface area contributed by atoms with E-state index in [1.54, 1.807) is 6.26 Å². The molecule has 1 aliphatic rings. The molecule has 0 spiro atoms. The van der Waals surface area contributed by atoms with Gasteiger partial charge in [0.25, 0.3) is 0 Å². The van der Waals surface area contributed by atoms with Crippen molar-refractivity contribution in [3.63, 3.8) is 0 Å². The highest BCUT2D eigenvalue weighted by molar-refractivity contribution is 5.76. The quantitative estimate of drug-likeness (QED) is 0.598. The molecule has 90 valence electrons. The SMILES string of the molecule is c1ccc2c(c1)OCO2.c1ccc2occc2c1. The third kappa shape index (κ3) is 2.15. The molecule has 0 radical (unpaired) electrons. The highest BCUT2D eigenvalue weighted by Gasteiger charge is 2.09. The molecule has 0 bridgehead atoms. The van der Waals surface area contributed by atoms with E-state index in [0.717, 1.165) is 22.5 Å². The lowest BCUT2D eigenvalue weighted by Crippen LogP contribution is -1.92. The van der Waals surface area contributed by atoms with Crippen LogP contribution in [-0.4, -0.2) is 6.79 Å². The van der Waals surface area contributed by atoms with Gasteiger partial charge in [-0.2, -0.15) is 0 Å². The molecule has 1 aromatic heterocycles. The zero-order valence-corrected chi connectivity index (χ0v) is 9.71. The Morgan fingerprint density at radius 2 is 1.39 bits per heavy atom.